The second kappa shape index (κ2) is 10.5. The molecule has 2 aromatic heterocycles. The molecule has 0 saturated carbocycles. The summed E-state index contributed by atoms with van der Waals surface area (Å²) in [5.74, 6) is 0. The van der Waals surface area contributed by atoms with Crippen LogP contribution in [0.25, 0.3) is 41.9 Å². The Bertz CT molecular complexity index is 586. The Balaban J connectivity index is -0.000000109. The molecule has 0 atom stereocenters. The van der Waals surface area contributed by atoms with Gasteiger partial charge in [-0.3, -0.25) is 13.9 Å². The van der Waals surface area contributed by atoms with E-state index in [1.807, 2.05) is 0 Å². The van der Waals surface area contributed by atoms with Crippen molar-refractivity contribution in [1.29, 1.82) is 0 Å². The maximum atomic E-state index is 11.4. The fourth-order valence-electron chi connectivity index (χ4n) is 1.22. The van der Waals surface area contributed by atoms with Crippen molar-refractivity contribution in [2.45, 2.75) is 0 Å². The average Bonchev–Trinajstić information content (AvgIpc) is 2.59. The molecule has 0 aliphatic carbocycles. The van der Waals surface area contributed by atoms with Crippen LogP contribution in [0.3, 0.4) is 0 Å². The monoisotopic (exact) mass is 361 g/mol. The molecule has 0 fully saturated rings. The van der Waals surface area contributed by atoms with Gasteiger partial charge in [-0.2, -0.15) is 0 Å². The van der Waals surface area contributed by atoms with Crippen LogP contribution in [-0.2, 0) is 33.6 Å². The first-order valence-corrected chi connectivity index (χ1v) is 3.66. The zero-order chi connectivity index (χ0) is 9.59. The summed E-state index contributed by atoms with van der Waals surface area (Å²) in [6, 6.07) is 0. The summed E-state index contributed by atoms with van der Waals surface area (Å²) >= 11 is 0. The van der Waals surface area contributed by atoms with Crippen LogP contribution in [0.2, 0.25) is 0 Å². The van der Waals surface area contributed by atoms with Crippen molar-refractivity contribution in [2.75, 3.05) is 0 Å². The molecule has 19 heavy (non-hydrogen) atoms. The number of nitrogens with two attached hydrogens (primary N) is 5. The molecular formula is C7H17N9O2Ru. The standard InChI is InChI=1S/C7H8N4O2.5H2N.Ru/c1-10-5-4(8-3-9-5)6(12)11(2)7(10)13;;;;;;/h3H,1-2H3,(H,8,9,12);5*1H2;/q;5*-1;+6/p-1. The van der Waals surface area contributed by atoms with Gasteiger partial charge in [-0.15, -0.1) is 0 Å². The molecule has 10 N–H and O–H groups in total. The fraction of sp³-hybridized carbons (Fsp3) is 0.286. The number of aryl methyl sites for hydroxylation is 1. The number of imidazole rings is 1. The zero-order valence-corrected chi connectivity index (χ0v) is 12.2. The van der Waals surface area contributed by atoms with Crippen LogP contribution in [0.1, 0.15) is 0 Å². The van der Waals surface area contributed by atoms with Crippen molar-refractivity contribution in [3.05, 3.63) is 57.9 Å². The Kier molecular flexibility index (Phi) is 16.9. The largest absolute Gasteiger partial charge is 6.00 e. The molecule has 0 radical (unpaired) electrons. The van der Waals surface area contributed by atoms with Gasteiger partial charge in [0.15, 0.2) is 0 Å². The van der Waals surface area contributed by atoms with Crippen LogP contribution in [0.5, 0.6) is 0 Å². The first-order valence-electron chi connectivity index (χ1n) is 3.66. The van der Waals surface area contributed by atoms with Gasteiger partial charge in [0.05, 0.1) is 0 Å². The van der Waals surface area contributed by atoms with E-state index in [4.69, 9.17) is 0 Å². The van der Waals surface area contributed by atoms with E-state index >= 15 is 0 Å². The Labute approximate surface area is 122 Å². The first kappa shape index (κ1) is 30.5. The third kappa shape index (κ3) is 4.31. The Hall–Kier alpha value is -1.43. The van der Waals surface area contributed by atoms with E-state index < -0.39 is 11.2 Å². The molecule has 110 valence electrons. The van der Waals surface area contributed by atoms with Gasteiger partial charge in [0.2, 0.25) is 0 Å². The van der Waals surface area contributed by atoms with Crippen LogP contribution in [0, 0.1) is 0 Å². The SMILES string of the molecule is Cn1c(=O)c2[n-]cnc2n(C)c1=O.[NH2-].[NH2-].[NH2-].[NH2-].[NH2-].[Ru+6]. The van der Waals surface area contributed by atoms with Crippen LogP contribution >= 0.6 is 0 Å². The minimum absolute atomic E-state index is 0. The summed E-state index contributed by atoms with van der Waals surface area (Å²) in [6.07, 6.45) is 1.27. The average molecular weight is 360 g/mol. The topological polar surface area (TPSA) is 238 Å². The van der Waals surface area contributed by atoms with Crippen molar-refractivity contribution in [1.82, 2.24) is 19.1 Å². The minimum atomic E-state index is -0.407. The number of aromatic nitrogens is 4. The maximum absolute atomic E-state index is 11.4. The maximum Gasteiger partial charge on any atom is 6.00 e. The number of nitrogens with zero attached hydrogens (tertiary/aromatic N) is 4. The number of rotatable bonds is 0. The Morgan fingerprint density at radius 2 is 1.47 bits per heavy atom. The van der Waals surface area contributed by atoms with Crippen LogP contribution < -0.4 is 16.2 Å². The minimum Gasteiger partial charge on any atom is -0.693 e. The van der Waals surface area contributed by atoms with E-state index in [0.717, 1.165) is 4.57 Å². The van der Waals surface area contributed by atoms with E-state index in [1.54, 1.807) is 7.05 Å². The summed E-state index contributed by atoms with van der Waals surface area (Å²) in [5, 5.41) is 0. The fourth-order valence-corrected chi connectivity index (χ4v) is 1.22. The predicted molar refractivity (Wildman–Crippen MR) is 72.0 cm³/mol. The zero-order valence-electron chi connectivity index (χ0n) is 10.4. The molecular weight excluding hydrogens is 343 g/mol. The predicted octanol–water partition coefficient (Wildman–Crippen LogP) is 2.17. The second-order valence-corrected chi connectivity index (χ2v) is 2.75. The molecule has 0 amide bonds. The summed E-state index contributed by atoms with van der Waals surface area (Å²) in [7, 11) is 2.97. The van der Waals surface area contributed by atoms with Gasteiger partial charge in [-0.25, -0.2) is 4.79 Å². The molecule has 2 rings (SSSR count). The van der Waals surface area contributed by atoms with Gasteiger partial charge < -0.3 is 40.7 Å². The molecule has 11 nitrogen and oxygen atoms in total. The number of hydrogen-bond donors (Lipinski definition) is 0. The third-order valence-electron chi connectivity index (χ3n) is 1.98. The first-order chi connectivity index (χ1) is 6.13. The van der Waals surface area contributed by atoms with Crippen molar-refractivity contribution >= 4 is 11.2 Å². The van der Waals surface area contributed by atoms with Crippen LogP contribution in [-0.4, -0.2) is 14.1 Å². The van der Waals surface area contributed by atoms with E-state index in [2.05, 4.69) is 9.97 Å². The van der Waals surface area contributed by atoms with Crippen molar-refractivity contribution < 1.29 is 19.5 Å². The van der Waals surface area contributed by atoms with Gasteiger partial charge in [0.25, 0.3) is 5.56 Å². The second-order valence-electron chi connectivity index (χ2n) is 2.75. The van der Waals surface area contributed by atoms with Crippen LogP contribution in [0.15, 0.2) is 15.9 Å². The van der Waals surface area contributed by atoms with Gasteiger partial charge in [0, 0.05) is 25.3 Å². The van der Waals surface area contributed by atoms with E-state index in [-0.39, 0.29) is 55.7 Å². The normalized spacial score (nSPS) is 7.47. The van der Waals surface area contributed by atoms with E-state index in [9.17, 15) is 9.59 Å². The number of hydrogen-bond acceptors (Lipinski definition) is 3. The van der Waals surface area contributed by atoms with Crippen LogP contribution in [0.4, 0.5) is 0 Å². The van der Waals surface area contributed by atoms with Gasteiger partial charge in [-0.05, 0) is 0 Å². The van der Waals surface area contributed by atoms with Gasteiger partial charge >= 0.3 is 25.2 Å². The van der Waals surface area contributed by atoms with Crippen molar-refractivity contribution in [2.24, 2.45) is 14.1 Å². The summed E-state index contributed by atoms with van der Waals surface area (Å²) < 4.78 is 2.31. The summed E-state index contributed by atoms with van der Waals surface area (Å²) in [5.41, 5.74) is -0.244. The smallest absolute Gasteiger partial charge is 0.693 e. The molecule has 0 bridgehead atoms. The van der Waals surface area contributed by atoms with E-state index in [0.29, 0.717) is 5.65 Å². The molecule has 12 heteroatoms. The molecule has 0 spiro atoms. The molecule has 0 aliphatic rings. The van der Waals surface area contributed by atoms with Gasteiger partial charge in [-0.1, -0.05) is 6.33 Å². The van der Waals surface area contributed by atoms with Crippen molar-refractivity contribution in [3.63, 3.8) is 0 Å². The Morgan fingerprint density at radius 1 is 1.00 bits per heavy atom. The summed E-state index contributed by atoms with van der Waals surface area (Å²) in [6.45, 7) is 0. The Morgan fingerprint density at radius 3 is 1.95 bits per heavy atom. The third-order valence-corrected chi connectivity index (χ3v) is 1.98. The number of fused-ring (bicyclic) bond motifs is 1. The molecule has 0 aromatic carbocycles. The molecule has 0 aliphatic heterocycles. The quantitative estimate of drug-likeness (QED) is 0.641. The molecule has 2 aromatic rings. The van der Waals surface area contributed by atoms with Gasteiger partial charge in [0.1, 0.15) is 0 Å². The molecule has 0 saturated heterocycles. The summed E-state index contributed by atoms with van der Waals surface area (Å²) in [4.78, 5) is 30.4. The van der Waals surface area contributed by atoms with E-state index in [1.165, 1.54) is 17.9 Å². The van der Waals surface area contributed by atoms with Crippen molar-refractivity contribution in [3.8, 4) is 0 Å². The molecule has 2 heterocycles. The molecule has 0 unspecified atom stereocenters.